The molecular weight excluding hydrogens is 312 g/mol. The van der Waals surface area contributed by atoms with E-state index in [0.29, 0.717) is 0 Å². The van der Waals surface area contributed by atoms with Crippen LogP contribution in [0.5, 0.6) is 0 Å². The minimum absolute atomic E-state index is 0.140. The molecule has 2 saturated carbocycles. The summed E-state index contributed by atoms with van der Waals surface area (Å²) in [5, 5.41) is 19.8. The Morgan fingerprint density at radius 3 is 2.38 bits per heavy atom. The summed E-state index contributed by atoms with van der Waals surface area (Å²) >= 11 is 0. The van der Waals surface area contributed by atoms with Gasteiger partial charge in [-0.1, -0.05) is 37.3 Å². The minimum atomic E-state index is -1.05. The second kappa shape index (κ2) is 5.59. The molecule has 7 heteroatoms. The van der Waals surface area contributed by atoms with Crippen molar-refractivity contribution in [1.29, 1.82) is 0 Å². The van der Waals surface area contributed by atoms with Gasteiger partial charge >= 0.3 is 11.9 Å². The van der Waals surface area contributed by atoms with Crippen LogP contribution in [0.3, 0.4) is 0 Å². The van der Waals surface area contributed by atoms with Gasteiger partial charge in [0.05, 0.1) is 18.4 Å². The van der Waals surface area contributed by atoms with Crippen molar-refractivity contribution in [2.45, 2.75) is 19.9 Å². The van der Waals surface area contributed by atoms with Crippen LogP contribution in [-0.4, -0.2) is 33.1 Å². The Morgan fingerprint density at radius 2 is 1.83 bits per heavy atom. The number of carboxylic acids is 2. The van der Waals surface area contributed by atoms with E-state index in [1.54, 1.807) is 6.92 Å². The maximum Gasteiger partial charge on any atom is 0.307 e. The summed E-state index contributed by atoms with van der Waals surface area (Å²) < 4.78 is 0. The summed E-state index contributed by atoms with van der Waals surface area (Å²) in [6, 6.07) is 9.20. The molecule has 0 heterocycles. The van der Waals surface area contributed by atoms with E-state index in [0.717, 1.165) is 10.6 Å². The molecule has 5 atom stereocenters. The molecule has 2 aliphatic rings. The molecule has 2 aliphatic carbocycles. The highest BCUT2D eigenvalue weighted by Crippen LogP contribution is 2.73. The van der Waals surface area contributed by atoms with Gasteiger partial charge in [0.2, 0.25) is 5.91 Å². The van der Waals surface area contributed by atoms with Crippen molar-refractivity contribution >= 4 is 17.8 Å². The molecule has 3 rings (SSSR count). The van der Waals surface area contributed by atoms with E-state index in [9.17, 15) is 24.6 Å². The van der Waals surface area contributed by atoms with Crippen molar-refractivity contribution in [2.24, 2.45) is 34.9 Å². The molecule has 4 N–H and O–H groups in total. The Balaban J connectivity index is 1.78. The van der Waals surface area contributed by atoms with Crippen LogP contribution in [0, 0.1) is 29.1 Å². The summed E-state index contributed by atoms with van der Waals surface area (Å²) in [5.74, 6) is 0.648. The first-order valence-corrected chi connectivity index (χ1v) is 7.84. The van der Waals surface area contributed by atoms with Crippen molar-refractivity contribution in [3.63, 3.8) is 0 Å². The average Bonchev–Trinajstić information content (AvgIpc) is 3.03. The quantitative estimate of drug-likeness (QED) is 0.419. The first-order valence-electron chi connectivity index (χ1n) is 7.84. The van der Waals surface area contributed by atoms with Crippen LogP contribution in [0.2, 0.25) is 0 Å². The number of nitrogens with zero attached hydrogens (tertiary/aromatic N) is 1. The van der Waals surface area contributed by atoms with Gasteiger partial charge in [0.25, 0.3) is 0 Å². The van der Waals surface area contributed by atoms with Crippen LogP contribution in [0.1, 0.15) is 18.9 Å². The number of carboxylic acid groups (broad SMARTS) is 2. The number of benzene rings is 1. The predicted molar refractivity (Wildman–Crippen MR) is 83.1 cm³/mol. The number of fused-ring (bicyclic) bond motifs is 1. The summed E-state index contributed by atoms with van der Waals surface area (Å²) in [7, 11) is 0. The van der Waals surface area contributed by atoms with Crippen LogP contribution < -0.4 is 5.84 Å². The van der Waals surface area contributed by atoms with E-state index in [-0.39, 0.29) is 18.9 Å². The lowest BCUT2D eigenvalue weighted by Gasteiger charge is -2.23. The third-order valence-electron chi connectivity index (χ3n) is 5.67. The molecule has 128 valence electrons. The SMILES string of the molecule is CC12C(C(=O)O)CC(C(=O)N(N)Cc3ccccc3)C1C2C(=O)O. The van der Waals surface area contributed by atoms with Crippen molar-refractivity contribution in [1.82, 2.24) is 5.01 Å². The molecule has 7 nitrogen and oxygen atoms in total. The van der Waals surface area contributed by atoms with Crippen molar-refractivity contribution in [3.8, 4) is 0 Å². The van der Waals surface area contributed by atoms with Crippen molar-refractivity contribution in [2.75, 3.05) is 0 Å². The van der Waals surface area contributed by atoms with Crippen molar-refractivity contribution in [3.05, 3.63) is 35.9 Å². The van der Waals surface area contributed by atoms with Gasteiger partial charge in [-0.25, -0.2) is 5.84 Å². The molecule has 5 unspecified atom stereocenters. The Kier molecular flexibility index (Phi) is 3.83. The van der Waals surface area contributed by atoms with Crippen LogP contribution in [-0.2, 0) is 20.9 Å². The molecular formula is C17H20N2O5. The van der Waals surface area contributed by atoms with Gasteiger partial charge in [-0.3, -0.25) is 19.4 Å². The number of hydrogen-bond donors (Lipinski definition) is 3. The largest absolute Gasteiger partial charge is 0.481 e. The average molecular weight is 332 g/mol. The fourth-order valence-corrected chi connectivity index (χ4v) is 4.45. The molecule has 0 saturated heterocycles. The zero-order chi connectivity index (χ0) is 17.6. The summed E-state index contributed by atoms with van der Waals surface area (Å²) in [6.45, 7) is 1.86. The van der Waals surface area contributed by atoms with Crippen molar-refractivity contribution < 1.29 is 24.6 Å². The topological polar surface area (TPSA) is 121 Å². The molecule has 0 radical (unpaired) electrons. The molecule has 24 heavy (non-hydrogen) atoms. The first-order chi connectivity index (χ1) is 11.3. The summed E-state index contributed by atoms with van der Waals surface area (Å²) in [4.78, 5) is 35.6. The fourth-order valence-electron chi connectivity index (χ4n) is 4.45. The van der Waals surface area contributed by atoms with Crippen LogP contribution in [0.15, 0.2) is 30.3 Å². The van der Waals surface area contributed by atoms with Gasteiger partial charge in [0.15, 0.2) is 0 Å². The van der Waals surface area contributed by atoms with Crippen LogP contribution >= 0.6 is 0 Å². The smallest absolute Gasteiger partial charge is 0.307 e. The summed E-state index contributed by atoms with van der Waals surface area (Å²) in [5.41, 5.74) is -0.0135. The molecule has 2 fully saturated rings. The maximum atomic E-state index is 12.7. The Morgan fingerprint density at radius 1 is 1.21 bits per heavy atom. The zero-order valence-corrected chi connectivity index (χ0v) is 13.3. The van der Waals surface area contributed by atoms with Gasteiger partial charge in [-0.2, -0.15) is 0 Å². The Hall–Kier alpha value is -2.41. The van der Waals surface area contributed by atoms with Gasteiger partial charge < -0.3 is 10.2 Å². The standard InChI is InChI=1S/C17H20N2O5/c1-17-11(15(21)22)7-10(12(17)13(17)16(23)24)14(20)19(18)8-9-5-3-2-4-6-9/h2-6,10-13H,7-8,18H2,1H3,(H,21,22)(H,23,24). The van der Waals surface area contributed by atoms with Gasteiger partial charge in [0.1, 0.15) is 0 Å². The number of carbonyl (C=O) groups is 3. The lowest BCUT2D eigenvalue weighted by molar-refractivity contribution is -0.146. The zero-order valence-electron chi connectivity index (χ0n) is 13.3. The third kappa shape index (κ3) is 2.36. The number of nitrogens with two attached hydrogens (primary N) is 1. The number of carbonyl (C=O) groups excluding carboxylic acids is 1. The second-order valence-corrected chi connectivity index (χ2v) is 6.89. The van der Waals surface area contributed by atoms with Crippen LogP contribution in [0.25, 0.3) is 0 Å². The fraction of sp³-hybridized carbons (Fsp3) is 0.471. The molecule has 0 aromatic heterocycles. The highest BCUT2D eigenvalue weighted by molar-refractivity contribution is 5.87. The normalized spacial score (nSPS) is 33.6. The minimum Gasteiger partial charge on any atom is -0.481 e. The number of hydrogen-bond acceptors (Lipinski definition) is 4. The molecule has 1 aromatic rings. The third-order valence-corrected chi connectivity index (χ3v) is 5.67. The Labute approximate surface area is 139 Å². The lowest BCUT2D eigenvalue weighted by atomic mass is 9.87. The van der Waals surface area contributed by atoms with E-state index in [2.05, 4.69) is 0 Å². The summed E-state index contributed by atoms with van der Waals surface area (Å²) in [6.07, 6.45) is 0.140. The van der Waals surface area contributed by atoms with E-state index in [4.69, 9.17) is 5.84 Å². The number of hydrazine groups is 1. The number of amides is 1. The highest BCUT2D eigenvalue weighted by atomic mass is 16.4. The van der Waals surface area contributed by atoms with E-state index >= 15 is 0 Å². The number of rotatable bonds is 5. The Bertz CT molecular complexity index is 691. The first kappa shape index (κ1) is 16.4. The maximum absolute atomic E-state index is 12.7. The predicted octanol–water partition coefficient (Wildman–Crippen LogP) is 0.946. The number of aliphatic carboxylic acids is 2. The highest BCUT2D eigenvalue weighted by Gasteiger charge is 2.77. The molecule has 0 spiro atoms. The van der Waals surface area contributed by atoms with Gasteiger partial charge in [-0.05, 0) is 23.3 Å². The second-order valence-electron chi connectivity index (χ2n) is 6.89. The monoisotopic (exact) mass is 332 g/mol. The van der Waals surface area contributed by atoms with E-state index < -0.39 is 41.0 Å². The van der Waals surface area contributed by atoms with Gasteiger partial charge in [0, 0.05) is 5.92 Å². The molecule has 1 aromatic carbocycles. The molecule has 0 aliphatic heterocycles. The molecule has 1 amide bonds. The van der Waals surface area contributed by atoms with Crippen LogP contribution in [0.4, 0.5) is 0 Å². The van der Waals surface area contributed by atoms with E-state index in [1.807, 2.05) is 30.3 Å². The van der Waals surface area contributed by atoms with E-state index in [1.165, 1.54) is 0 Å². The van der Waals surface area contributed by atoms with Gasteiger partial charge in [-0.15, -0.1) is 0 Å². The lowest BCUT2D eigenvalue weighted by Crippen LogP contribution is -2.42. The molecule has 0 bridgehead atoms.